The minimum atomic E-state index is -4.56. The summed E-state index contributed by atoms with van der Waals surface area (Å²) in [5.41, 5.74) is -2.83. The van der Waals surface area contributed by atoms with Crippen LogP contribution in [0, 0.1) is 11.6 Å². The number of ether oxygens (including phenoxy) is 1. The summed E-state index contributed by atoms with van der Waals surface area (Å²) >= 11 is 5.91. The second-order valence-corrected chi connectivity index (χ2v) is 13.7. The van der Waals surface area contributed by atoms with Crippen molar-refractivity contribution in [3.63, 3.8) is 0 Å². The van der Waals surface area contributed by atoms with Gasteiger partial charge in [0.25, 0.3) is 0 Å². The van der Waals surface area contributed by atoms with Gasteiger partial charge in [-0.1, -0.05) is 11.6 Å². The van der Waals surface area contributed by atoms with Gasteiger partial charge in [0.05, 0.1) is 15.7 Å². The first-order valence-electron chi connectivity index (χ1n) is 10.8. The molecule has 7 nitrogen and oxygen atoms in total. The van der Waals surface area contributed by atoms with Gasteiger partial charge in [0.1, 0.15) is 22.8 Å². The molecule has 0 aromatic heterocycles. The number of fused-ring (bicyclic) bond motifs is 3. The van der Waals surface area contributed by atoms with Crippen LogP contribution < -0.4 is 9.46 Å². The second-order valence-electron chi connectivity index (χ2n) is 9.14. The number of benzene rings is 2. The van der Waals surface area contributed by atoms with E-state index < -0.39 is 71.1 Å². The van der Waals surface area contributed by atoms with Crippen LogP contribution in [0.3, 0.4) is 0 Å². The number of hydrogen-bond acceptors (Lipinski definition) is 6. The van der Waals surface area contributed by atoms with Gasteiger partial charge < -0.3 is 9.84 Å². The van der Waals surface area contributed by atoms with Crippen molar-refractivity contribution in [2.45, 2.75) is 58.6 Å². The minimum Gasteiger partial charge on any atom is -0.487 e. The smallest absolute Gasteiger partial charge is 0.214 e. The van der Waals surface area contributed by atoms with Crippen molar-refractivity contribution in [2.24, 2.45) is 0 Å². The highest BCUT2D eigenvalue weighted by atomic mass is 35.5. The Kier molecular flexibility index (Phi) is 5.53. The third kappa shape index (κ3) is 3.47. The molecule has 1 aliphatic heterocycles. The molecule has 184 valence electrons. The number of halogens is 3. The number of nitrogens with one attached hydrogen (secondary N) is 1. The number of aliphatic hydroxyl groups is 1. The van der Waals surface area contributed by atoms with Gasteiger partial charge in [-0.05, 0) is 68.5 Å². The van der Waals surface area contributed by atoms with Gasteiger partial charge in [0.2, 0.25) is 10.0 Å². The molecule has 0 spiro atoms. The first-order valence-corrected chi connectivity index (χ1v) is 14.2. The Labute approximate surface area is 201 Å². The predicted octanol–water partition coefficient (Wildman–Crippen LogP) is 3.05. The zero-order valence-corrected chi connectivity index (χ0v) is 20.2. The van der Waals surface area contributed by atoms with Crippen LogP contribution in [-0.4, -0.2) is 45.4 Å². The van der Waals surface area contributed by atoms with Crippen molar-refractivity contribution >= 4 is 31.5 Å². The van der Waals surface area contributed by atoms with E-state index in [-0.39, 0.29) is 29.2 Å². The number of rotatable bonds is 5. The van der Waals surface area contributed by atoms with E-state index in [1.54, 1.807) is 0 Å². The molecule has 2 aliphatic carbocycles. The molecule has 2 N–H and O–H groups in total. The molecule has 2 aromatic carbocycles. The number of sulfonamides is 1. The third-order valence-electron chi connectivity index (χ3n) is 6.98. The molecular formula is C22H22ClF2NO6S2. The Morgan fingerprint density at radius 1 is 1.00 bits per heavy atom. The fourth-order valence-electron chi connectivity index (χ4n) is 5.20. The van der Waals surface area contributed by atoms with Gasteiger partial charge in [0, 0.05) is 11.1 Å². The van der Waals surface area contributed by atoms with Crippen LogP contribution in [-0.2, 0) is 24.6 Å². The van der Waals surface area contributed by atoms with Gasteiger partial charge in [0.15, 0.2) is 21.4 Å². The molecule has 0 radical (unpaired) electrons. The Balaban J connectivity index is 1.68. The van der Waals surface area contributed by atoms with Crippen LogP contribution in [0.5, 0.6) is 5.75 Å². The Bertz CT molecular complexity index is 1360. The van der Waals surface area contributed by atoms with Crippen molar-refractivity contribution < 1.29 is 35.5 Å². The summed E-state index contributed by atoms with van der Waals surface area (Å²) in [6, 6.07) is 6.00. The second kappa shape index (κ2) is 7.86. The average Bonchev–Trinajstić information content (AvgIpc) is 3.61. The monoisotopic (exact) mass is 533 g/mol. The molecule has 2 fully saturated rings. The summed E-state index contributed by atoms with van der Waals surface area (Å²) in [6.45, 7) is -0.658. The van der Waals surface area contributed by atoms with E-state index in [1.807, 2.05) is 0 Å². The van der Waals surface area contributed by atoms with Gasteiger partial charge >= 0.3 is 0 Å². The third-order valence-corrected chi connectivity index (χ3v) is 11.8. The van der Waals surface area contributed by atoms with Crippen LogP contribution in [0.2, 0.25) is 5.02 Å². The SMILES string of the molecule is O=S(=O)(N[C@@H]1CC[C@@]2(S(=O)(=O)c3ccc(Cl)cc3)c3c(F)ccc(F)c3OCC2(O)C1)C1CC1. The molecule has 2 aromatic rings. The van der Waals surface area contributed by atoms with Crippen molar-refractivity contribution in [2.75, 3.05) is 6.61 Å². The maximum Gasteiger partial charge on any atom is 0.214 e. The van der Waals surface area contributed by atoms with E-state index in [0.717, 1.165) is 12.1 Å². The molecule has 3 atom stereocenters. The van der Waals surface area contributed by atoms with Gasteiger partial charge in [-0.2, -0.15) is 0 Å². The number of sulfone groups is 1. The van der Waals surface area contributed by atoms with Crippen LogP contribution in [0.1, 0.15) is 37.7 Å². The maximum absolute atomic E-state index is 15.3. The van der Waals surface area contributed by atoms with E-state index in [2.05, 4.69) is 4.72 Å². The van der Waals surface area contributed by atoms with Crippen molar-refractivity contribution in [1.82, 2.24) is 4.72 Å². The predicted molar refractivity (Wildman–Crippen MR) is 120 cm³/mol. The van der Waals surface area contributed by atoms with Crippen LogP contribution >= 0.6 is 11.6 Å². The molecule has 1 unspecified atom stereocenters. The lowest BCUT2D eigenvalue weighted by Crippen LogP contribution is -2.67. The van der Waals surface area contributed by atoms with Crippen molar-refractivity contribution in [3.05, 3.63) is 58.6 Å². The lowest BCUT2D eigenvalue weighted by Gasteiger charge is -2.54. The molecule has 12 heteroatoms. The van der Waals surface area contributed by atoms with Crippen molar-refractivity contribution in [3.8, 4) is 5.75 Å². The molecule has 3 aliphatic rings. The van der Waals surface area contributed by atoms with E-state index in [1.165, 1.54) is 24.3 Å². The Morgan fingerprint density at radius 3 is 2.29 bits per heavy atom. The quantitative estimate of drug-likeness (QED) is 0.611. The van der Waals surface area contributed by atoms with Gasteiger partial charge in [-0.3, -0.25) is 0 Å². The zero-order valence-electron chi connectivity index (χ0n) is 17.8. The van der Waals surface area contributed by atoms with Gasteiger partial charge in [-0.25, -0.2) is 30.3 Å². The van der Waals surface area contributed by atoms with E-state index >= 15 is 4.39 Å². The average molecular weight is 534 g/mol. The lowest BCUT2D eigenvalue weighted by atomic mass is 9.68. The highest BCUT2D eigenvalue weighted by Crippen LogP contribution is 2.58. The molecule has 5 rings (SSSR count). The van der Waals surface area contributed by atoms with Gasteiger partial charge in [-0.15, -0.1) is 0 Å². The topological polar surface area (TPSA) is 110 Å². The number of hydrogen-bond donors (Lipinski definition) is 2. The first-order chi connectivity index (χ1) is 15.9. The summed E-state index contributed by atoms with van der Waals surface area (Å²) in [4.78, 5) is -0.233. The molecule has 1 heterocycles. The largest absolute Gasteiger partial charge is 0.487 e. The highest BCUT2D eigenvalue weighted by molar-refractivity contribution is 7.92. The normalized spacial score (nSPS) is 29.1. The summed E-state index contributed by atoms with van der Waals surface area (Å²) in [7, 11) is -8.19. The molecule has 0 amide bonds. The van der Waals surface area contributed by atoms with E-state index in [9.17, 15) is 26.3 Å². The molecule has 34 heavy (non-hydrogen) atoms. The summed E-state index contributed by atoms with van der Waals surface area (Å²) in [5, 5.41) is 11.6. The summed E-state index contributed by atoms with van der Waals surface area (Å²) in [6.07, 6.45) is 0.324. The minimum absolute atomic E-state index is 0.0174. The van der Waals surface area contributed by atoms with Crippen LogP contribution in [0.15, 0.2) is 41.3 Å². The summed E-state index contributed by atoms with van der Waals surface area (Å²) < 4.78 is 88.8. The van der Waals surface area contributed by atoms with Crippen LogP contribution in [0.4, 0.5) is 8.78 Å². The zero-order chi connectivity index (χ0) is 24.5. The van der Waals surface area contributed by atoms with E-state index in [0.29, 0.717) is 12.8 Å². The molecular weight excluding hydrogens is 512 g/mol. The highest BCUT2D eigenvalue weighted by Gasteiger charge is 2.67. The lowest BCUT2D eigenvalue weighted by molar-refractivity contribution is -0.0888. The Hall–Kier alpha value is -1.79. The standard InChI is InChI=1S/C22H22ClF2NO6S2/c23-13-1-3-15(4-2-13)33(28,29)22-10-9-14(26-34(30,31)16-5-6-16)11-21(22,27)12-32-20-18(25)8-7-17(24)19(20)22/h1-4,7-8,14,16,26-27H,5-6,9-12H2/t14-,21?,22-/m1/s1. The summed E-state index contributed by atoms with van der Waals surface area (Å²) in [5.74, 6) is -2.57. The first kappa shape index (κ1) is 23.9. The maximum atomic E-state index is 15.3. The Morgan fingerprint density at radius 2 is 1.65 bits per heavy atom. The van der Waals surface area contributed by atoms with E-state index in [4.69, 9.17) is 16.3 Å². The molecule has 0 bridgehead atoms. The van der Waals surface area contributed by atoms with Crippen molar-refractivity contribution in [1.29, 1.82) is 0 Å². The molecule has 2 saturated carbocycles. The molecule has 0 saturated heterocycles. The van der Waals surface area contributed by atoms with Crippen LogP contribution in [0.25, 0.3) is 0 Å². The fourth-order valence-corrected chi connectivity index (χ4v) is 9.33. The fraction of sp³-hybridized carbons (Fsp3) is 0.455.